The predicted octanol–water partition coefficient (Wildman–Crippen LogP) is 4.46. The number of amidine groups is 2. The molecule has 17 heteroatoms. The second kappa shape index (κ2) is 11.5. The van der Waals surface area contributed by atoms with Crippen LogP contribution in [0.4, 0.5) is 22.0 Å². The normalized spacial score (nSPS) is 24.0. The van der Waals surface area contributed by atoms with Gasteiger partial charge in [-0.1, -0.05) is 11.6 Å². The van der Waals surface area contributed by atoms with Gasteiger partial charge in [0.25, 0.3) is 5.17 Å². The van der Waals surface area contributed by atoms with E-state index in [2.05, 4.69) is 20.5 Å². The second-order valence-corrected chi connectivity index (χ2v) is 12.6. The van der Waals surface area contributed by atoms with E-state index in [-0.39, 0.29) is 57.5 Å². The van der Waals surface area contributed by atoms with Gasteiger partial charge in [0.15, 0.2) is 12.1 Å². The van der Waals surface area contributed by atoms with Crippen molar-refractivity contribution in [3.63, 3.8) is 0 Å². The lowest BCUT2D eigenvalue weighted by Crippen LogP contribution is -2.53. The number of aromatic nitrogens is 2. The number of nitrogens with zero attached hydrogens (tertiary/aromatic N) is 6. The molecule has 3 aliphatic rings. The first-order valence-corrected chi connectivity index (χ1v) is 14.9. The van der Waals surface area contributed by atoms with Gasteiger partial charge >= 0.3 is 12.1 Å². The van der Waals surface area contributed by atoms with Gasteiger partial charge in [0.05, 0.1) is 12.1 Å². The number of ketones is 1. The molecule has 4 unspecified atom stereocenters. The molecule has 2 saturated heterocycles. The van der Waals surface area contributed by atoms with Crippen molar-refractivity contribution in [3.8, 4) is 0 Å². The highest BCUT2D eigenvalue weighted by molar-refractivity contribution is 7.80. The highest BCUT2D eigenvalue weighted by atomic mass is 35.5. The number of nitrogens with one attached hydrogen (secondary N) is 1. The maximum atomic E-state index is 13.8. The molecule has 0 aliphatic carbocycles. The molecule has 2 aromatic rings. The summed E-state index contributed by atoms with van der Waals surface area (Å²) in [6.45, 7) is 6.87. The topological polar surface area (TPSA) is 113 Å². The predicted molar refractivity (Wildman–Crippen MR) is 163 cm³/mol. The molecule has 1 aromatic carbocycles. The summed E-state index contributed by atoms with van der Waals surface area (Å²) in [7, 11) is 1.90. The van der Waals surface area contributed by atoms with Crippen LogP contribution in [0, 0.1) is 5.41 Å². The van der Waals surface area contributed by atoms with Crippen molar-refractivity contribution in [1.29, 1.82) is 0 Å². The van der Waals surface area contributed by atoms with Gasteiger partial charge in [0, 0.05) is 47.6 Å². The van der Waals surface area contributed by atoms with Crippen molar-refractivity contribution < 1.29 is 31.5 Å². The molecule has 4 atom stereocenters. The van der Waals surface area contributed by atoms with E-state index in [4.69, 9.17) is 34.3 Å². The Morgan fingerprint density at radius 3 is 2.49 bits per heavy atom. The molecule has 2 fully saturated rings. The summed E-state index contributed by atoms with van der Waals surface area (Å²) in [5.41, 5.74) is 9.95. The van der Waals surface area contributed by atoms with E-state index in [1.165, 1.54) is 19.1 Å². The highest BCUT2D eigenvalue weighted by Gasteiger charge is 2.57. The largest absolute Gasteiger partial charge is 0.453 e. The molecule has 0 saturated carbocycles. The third kappa shape index (κ3) is 5.92. The molecule has 10 nitrogen and oxygen atoms in total. The van der Waals surface area contributed by atoms with Crippen LogP contribution in [-0.4, -0.2) is 92.9 Å². The molecule has 0 amide bonds. The van der Waals surface area contributed by atoms with Crippen molar-refractivity contribution in [2.24, 2.45) is 21.1 Å². The molecule has 3 N–H and O–H groups in total. The van der Waals surface area contributed by atoms with Crippen LogP contribution < -0.4 is 11.2 Å². The average molecular weight is 675 g/mol. The molecule has 0 spiro atoms. The number of benzene rings is 1. The number of Topliss-reactive ketones (excluding diaryl/α,β-unsaturated/α-hetero) is 1. The minimum absolute atomic E-state index is 0.0162. The zero-order chi connectivity index (χ0) is 33.2. The van der Waals surface area contributed by atoms with Crippen LogP contribution in [0.5, 0.6) is 0 Å². The molecular formula is C28H32ClF5N8O2S. The molecule has 0 bridgehead atoms. The minimum atomic E-state index is -5.72. The summed E-state index contributed by atoms with van der Waals surface area (Å²) in [5.74, 6) is -5.24. The fourth-order valence-electron chi connectivity index (χ4n) is 5.54. The number of hydrogen-bond acceptors (Lipinski definition) is 9. The van der Waals surface area contributed by atoms with Gasteiger partial charge in [-0.25, -0.2) is 4.99 Å². The van der Waals surface area contributed by atoms with Crippen LogP contribution >= 0.6 is 23.8 Å². The number of likely N-dealkylation sites (N-methyl/N-ethyl adjacent to an activating group) is 1. The van der Waals surface area contributed by atoms with Gasteiger partial charge in [-0.05, 0) is 70.7 Å². The minimum Gasteiger partial charge on any atom is -0.448 e. The lowest BCUT2D eigenvalue weighted by molar-refractivity contribution is -0.285. The quantitative estimate of drug-likeness (QED) is 0.228. The summed E-state index contributed by atoms with van der Waals surface area (Å²) in [5, 5.41) is 6.76. The van der Waals surface area contributed by atoms with E-state index in [0.29, 0.717) is 17.5 Å². The smallest absolute Gasteiger partial charge is 0.448 e. The molecule has 1 aromatic heterocycles. The Morgan fingerprint density at radius 1 is 1.27 bits per heavy atom. The maximum absolute atomic E-state index is 13.8. The molecule has 244 valence electrons. The lowest BCUT2D eigenvalue weighted by atomic mass is 9.73. The third-order valence-electron chi connectivity index (χ3n) is 8.41. The number of ether oxygens (including phenoxy) is 1. The summed E-state index contributed by atoms with van der Waals surface area (Å²) >= 11 is 11.6. The zero-order valence-corrected chi connectivity index (χ0v) is 26.6. The molecule has 5 rings (SSSR count). The first kappa shape index (κ1) is 33.2. The van der Waals surface area contributed by atoms with Crippen LogP contribution in [0.25, 0.3) is 10.9 Å². The zero-order valence-electron chi connectivity index (χ0n) is 25.0. The number of nitrogens with two attached hydrogens (primary N) is 1. The van der Waals surface area contributed by atoms with Gasteiger partial charge in [0.2, 0.25) is 0 Å². The van der Waals surface area contributed by atoms with Crippen molar-refractivity contribution in [1.82, 2.24) is 25.1 Å². The number of hydrazine groups is 1. The Morgan fingerprint density at radius 2 is 1.93 bits per heavy atom. The number of carbonyl (C=O) groups is 1. The number of hydrogen-bond donors (Lipinski definition) is 2. The standard InChI is InChI=1S/C28H32ClF5N8O2S/c1-13(2)42-25(45)44-24(39-42)26(4,14(3)43)20-17(19-12-40(19)5)11-36-23(37-22(20)35)21-16-7-6-15(29)10-18(16)41(38-21)9-8-27(30,31)28(32,33)34/h6-7,10,13,19,24,39H,8-9,11-12H2,1-5H3,(H2,35,36,37). The molecule has 3 aliphatic heterocycles. The first-order chi connectivity index (χ1) is 20.9. The highest BCUT2D eigenvalue weighted by Crippen LogP contribution is 2.42. The van der Waals surface area contributed by atoms with E-state index < -0.39 is 36.7 Å². The Labute approximate surface area is 266 Å². The first-order valence-electron chi connectivity index (χ1n) is 14.1. The van der Waals surface area contributed by atoms with Crippen LogP contribution in [0.3, 0.4) is 0 Å². The number of rotatable bonds is 9. The molecule has 4 heterocycles. The Kier molecular flexibility index (Phi) is 8.51. The SMILES string of the molecule is CC(=O)C(C)(C1=C(C2CN2C)CN=C(c2nn(CCC(F)(F)C(F)(F)F)c3cc(Cl)ccc23)N=C1N)C1NN(C(C)C)C(=S)O1. The summed E-state index contributed by atoms with van der Waals surface area (Å²) < 4.78 is 73.4. The number of thiocarbonyl (C=S) groups is 1. The number of aryl methyl sites for hydroxylation is 1. The third-order valence-corrected chi connectivity index (χ3v) is 8.93. The van der Waals surface area contributed by atoms with Crippen molar-refractivity contribution in [2.75, 3.05) is 20.1 Å². The number of carbonyl (C=O) groups excluding carboxylic acids is 1. The van der Waals surface area contributed by atoms with Crippen molar-refractivity contribution in [3.05, 3.63) is 40.1 Å². The van der Waals surface area contributed by atoms with Gasteiger partial charge < -0.3 is 10.5 Å². The Hall–Kier alpha value is -3.21. The van der Waals surface area contributed by atoms with Gasteiger partial charge in [-0.2, -0.15) is 32.5 Å². The van der Waals surface area contributed by atoms with E-state index in [9.17, 15) is 26.7 Å². The number of fused-ring (bicyclic) bond motifs is 1. The van der Waals surface area contributed by atoms with E-state index in [0.717, 1.165) is 10.3 Å². The second-order valence-electron chi connectivity index (χ2n) is 11.8. The van der Waals surface area contributed by atoms with Crippen molar-refractivity contribution in [2.45, 2.75) is 71.1 Å². The van der Waals surface area contributed by atoms with Crippen LogP contribution in [0.1, 0.15) is 39.8 Å². The monoisotopic (exact) mass is 674 g/mol. The van der Waals surface area contributed by atoms with Gasteiger partial charge in [0.1, 0.15) is 22.7 Å². The molecule has 0 radical (unpaired) electrons. The Bertz CT molecular complexity index is 1650. The summed E-state index contributed by atoms with van der Waals surface area (Å²) in [4.78, 5) is 24.8. The van der Waals surface area contributed by atoms with Gasteiger partial charge in [-0.15, -0.1) is 0 Å². The van der Waals surface area contributed by atoms with Crippen LogP contribution in [0.2, 0.25) is 5.02 Å². The van der Waals surface area contributed by atoms with Gasteiger partial charge in [-0.3, -0.25) is 24.4 Å². The Balaban J connectivity index is 1.59. The fraction of sp³-hybridized carbons (Fsp3) is 0.536. The fourth-order valence-corrected chi connectivity index (χ4v) is 6.07. The summed E-state index contributed by atoms with van der Waals surface area (Å²) in [6, 6.07) is 4.31. The van der Waals surface area contributed by atoms with Crippen LogP contribution in [-0.2, 0) is 16.1 Å². The van der Waals surface area contributed by atoms with E-state index >= 15 is 0 Å². The average Bonchev–Trinajstić information content (AvgIpc) is 3.41. The van der Waals surface area contributed by atoms with E-state index in [1.54, 1.807) is 18.0 Å². The molecular weight excluding hydrogens is 643 g/mol. The van der Waals surface area contributed by atoms with Crippen molar-refractivity contribution >= 4 is 57.4 Å². The number of halogens is 6. The number of aliphatic imine (C=N–C) groups is 2. The summed E-state index contributed by atoms with van der Waals surface area (Å²) in [6.07, 6.45) is -8.18. The van der Waals surface area contributed by atoms with Crippen LogP contribution in [0.15, 0.2) is 39.3 Å². The number of alkyl halides is 5. The lowest BCUT2D eigenvalue weighted by Gasteiger charge is -2.35. The van der Waals surface area contributed by atoms with E-state index in [1.807, 2.05) is 25.8 Å². The molecule has 45 heavy (non-hydrogen) atoms. The maximum Gasteiger partial charge on any atom is 0.453 e.